The van der Waals surface area contributed by atoms with Crippen LogP contribution in [0.1, 0.15) is 43.9 Å². The topological polar surface area (TPSA) is 93.8 Å². The summed E-state index contributed by atoms with van der Waals surface area (Å²) >= 11 is 0. The van der Waals surface area contributed by atoms with Crippen LogP contribution in [0.25, 0.3) is 0 Å². The molecule has 0 saturated heterocycles. The van der Waals surface area contributed by atoms with E-state index >= 15 is 0 Å². The van der Waals surface area contributed by atoms with Crippen molar-refractivity contribution >= 4 is 5.91 Å². The lowest BCUT2D eigenvalue weighted by Gasteiger charge is -2.21. The van der Waals surface area contributed by atoms with Crippen molar-refractivity contribution in [2.24, 2.45) is 5.92 Å². The molecule has 0 aliphatic carbocycles. The summed E-state index contributed by atoms with van der Waals surface area (Å²) in [4.78, 5) is 14.5. The highest BCUT2D eigenvalue weighted by Gasteiger charge is 2.17. The summed E-state index contributed by atoms with van der Waals surface area (Å²) in [5, 5.41) is 18.8. The number of carbonyl (C=O) groups is 1. The molecule has 0 aromatic carbocycles. The van der Waals surface area contributed by atoms with Gasteiger partial charge in [-0.15, -0.1) is 5.10 Å². The van der Waals surface area contributed by atoms with Crippen molar-refractivity contribution < 1.29 is 4.79 Å². The SMILES string of the molecule is Cc1nnnn1CCC(=O)NCc1cc2n(n1)CCCN(CC(C)C)C2. The zero-order chi connectivity index (χ0) is 18.5. The molecular weight excluding hydrogens is 332 g/mol. The fourth-order valence-corrected chi connectivity index (χ4v) is 3.29. The van der Waals surface area contributed by atoms with Crippen LogP contribution in [0.5, 0.6) is 0 Å². The summed E-state index contributed by atoms with van der Waals surface area (Å²) in [5.41, 5.74) is 2.15. The molecular formula is C17H28N8O. The number of hydrogen-bond acceptors (Lipinski definition) is 6. The highest BCUT2D eigenvalue weighted by atomic mass is 16.1. The molecule has 0 spiro atoms. The van der Waals surface area contributed by atoms with Crippen LogP contribution in [0.4, 0.5) is 0 Å². The van der Waals surface area contributed by atoms with Crippen LogP contribution in [0.2, 0.25) is 0 Å². The average molecular weight is 360 g/mol. The molecule has 9 nitrogen and oxygen atoms in total. The van der Waals surface area contributed by atoms with Crippen molar-refractivity contribution in [1.82, 2.24) is 40.2 Å². The smallest absolute Gasteiger partial charge is 0.222 e. The molecule has 1 N–H and O–H groups in total. The Morgan fingerprint density at radius 3 is 2.92 bits per heavy atom. The predicted molar refractivity (Wildman–Crippen MR) is 96.0 cm³/mol. The first kappa shape index (κ1) is 18.5. The average Bonchev–Trinajstić information content (AvgIpc) is 3.12. The zero-order valence-electron chi connectivity index (χ0n) is 15.9. The second kappa shape index (κ2) is 8.39. The highest BCUT2D eigenvalue weighted by Crippen LogP contribution is 2.15. The Bertz CT molecular complexity index is 735. The molecule has 3 heterocycles. The summed E-state index contributed by atoms with van der Waals surface area (Å²) in [6.45, 7) is 11.3. The fourth-order valence-electron chi connectivity index (χ4n) is 3.29. The number of nitrogens with zero attached hydrogens (tertiary/aromatic N) is 7. The number of aromatic nitrogens is 6. The zero-order valence-corrected chi connectivity index (χ0v) is 15.9. The third-order valence-electron chi connectivity index (χ3n) is 4.50. The van der Waals surface area contributed by atoms with E-state index in [2.05, 4.69) is 55.4 Å². The van der Waals surface area contributed by atoms with Gasteiger partial charge in [-0.05, 0) is 35.8 Å². The molecule has 1 aliphatic heterocycles. The van der Waals surface area contributed by atoms with E-state index in [1.165, 1.54) is 5.69 Å². The third-order valence-corrected chi connectivity index (χ3v) is 4.50. The summed E-state index contributed by atoms with van der Waals surface area (Å²) < 4.78 is 3.72. The highest BCUT2D eigenvalue weighted by molar-refractivity contribution is 5.75. The Kier molecular flexibility index (Phi) is 5.97. The van der Waals surface area contributed by atoms with Crippen molar-refractivity contribution in [2.45, 2.75) is 59.8 Å². The summed E-state index contributed by atoms with van der Waals surface area (Å²) in [5.74, 6) is 1.35. The Morgan fingerprint density at radius 2 is 2.19 bits per heavy atom. The number of tetrazole rings is 1. The first-order chi connectivity index (χ1) is 12.5. The standard InChI is InChI=1S/C17H28N8O/c1-13(2)11-23-6-4-7-25-16(12-23)9-15(20-25)10-18-17(26)5-8-24-14(3)19-21-22-24/h9,13H,4-8,10-12H2,1-3H3,(H,18,26). The maximum atomic E-state index is 12.1. The maximum Gasteiger partial charge on any atom is 0.222 e. The Morgan fingerprint density at radius 1 is 1.35 bits per heavy atom. The number of rotatable bonds is 7. The van der Waals surface area contributed by atoms with Gasteiger partial charge in [0.05, 0.1) is 24.5 Å². The van der Waals surface area contributed by atoms with Crippen molar-refractivity contribution in [3.63, 3.8) is 0 Å². The van der Waals surface area contributed by atoms with Gasteiger partial charge in [0.1, 0.15) is 5.82 Å². The van der Waals surface area contributed by atoms with E-state index in [1.807, 2.05) is 6.92 Å². The van der Waals surface area contributed by atoms with Gasteiger partial charge in [-0.1, -0.05) is 13.8 Å². The van der Waals surface area contributed by atoms with Gasteiger partial charge < -0.3 is 5.32 Å². The summed E-state index contributed by atoms with van der Waals surface area (Å²) in [6.07, 6.45) is 1.46. The fraction of sp³-hybridized carbons (Fsp3) is 0.706. The minimum Gasteiger partial charge on any atom is -0.350 e. The van der Waals surface area contributed by atoms with Crippen LogP contribution in [0.15, 0.2) is 6.07 Å². The van der Waals surface area contributed by atoms with Crippen LogP contribution < -0.4 is 5.32 Å². The van der Waals surface area contributed by atoms with Crippen molar-refractivity contribution in [3.05, 3.63) is 23.3 Å². The first-order valence-corrected chi connectivity index (χ1v) is 9.28. The third kappa shape index (κ3) is 4.87. The Hall–Kier alpha value is -2.29. The van der Waals surface area contributed by atoms with Crippen LogP contribution in [-0.2, 0) is 31.0 Å². The molecule has 1 aliphatic rings. The molecule has 0 fully saturated rings. The predicted octanol–water partition coefficient (Wildman–Crippen LogP) is 0.746. The monoisotopic (exact) mass is 360 g/mol. The van der Waals surface area contributed by atoms with Crippen molar-refractivity contribution in [3.8, 4) is 0 Å². The number of amides is 1. The van der Waals surface area contributed by atoms with E-state index in [1.54, 1.807) is 4.68 Å². The normalized spacial score (nSPS) is 15.1. The molecule has 0 radical (unpaired) electrons. The van der Waals surface area contributed by atoms with E-state index in [0.717, 1.165) is 38.3 Å². The van der Waals surface area contributed by atoms with Crippen molar-refractivity contribution in [2.75, 3.05) is 13.1 Å². The number of hydrogen-bond donors (Lipinski definition) is 1. The second-order valence-electron chi connectivity index (χ2n) is 7.31. The number of fused-ring (bicyclic) bond motifs is 1. The molecule has 0 bridgehead atoms. The minimum atomic E-state index is -0.0236. The number of aryl methyl sites for hydroxylation is 3. The van der Waals surface area contributed by atoms with Gasteiger partial charge in [0.15, 0.2) is 0 Å². The molecule has 3 rings (SSSR count). The van der Waals surface area contributed by atoms with Crippen LogP contribution >= 0.6 is 0 Å². The van der Waals surface area contributed by atoms with E-state index in [-0.39, 0.29) is 5.91 Å². The van der Waals surface area contributed by atoms with Gasteiger partial charge >= 0.3 is 0 Å². The van der Waals surface area contributed by atoms with Gasteiger partial charge in [-0.25, -0.2) is 4.68 Å². The molecule has 2 aromatic rings. The Balaban J connectivity index is 1.50. The molecule has 0 saturated carbocycles. The van der Waals surface area contributed by atoms with Crippen LogP contribution in [-0.4, -0.2) is 53.9 Å². The second-order valence-corrected chi connectivity index (χ2v) is 7.31. The molecule has 1 amide bonds. The minimum absolute atomic E-state index is 0.0236. The lowest BCUT2D eigenvalue weighted by Crippen LogP contribution is -2.27. The maximum absolute atomic E-state index is 12.1. The van der Waals surface area contributed by atoms with Crippen LogP contribution in [0.3, 0.4) is 0 Å². The summed E-state index contributed by atoms with van der Waals surface area (Å²) in [6, 6.07) is 2.12. The molecule has 0 unspecified atom stereocenters. The lowest BCUT2D eigenvalue weighted by molar-refractivity contribution is -0.121. The molecule has 26 heavy (non-hydrogen) atoms. The number of carbonyl (C=O) groups excluding carboxylic acids is 1. The van der Waals surface area contributed by atoms with Crippen LogP contribution in [0, 0.1) is 12.8 Å². The lowest BCUT2D eigenvalue weighted by atomic mass is 10.2. The van der Waals surface area contributed by atoms with Gasteiger partial charge in [0, 0.05) is 32.6 Å². The van der Waals surface area contributed by atoms with E-state index in [4.69, 9.17) is 0 Å². The van der Waals surface area contributed by atoms with Gasteiger partial charge in [0.2, 0.25) is 5.91 Å². The van der Waals surface area contributed by atoms with Gasteiger partial charge in [-0.2, -0.15) is 5.10 Å². The molecule has 2 aromatic heterocycles. The van der Waals surface area contributed by atoms with E-state index in [9.17, 15) is 4.79 Å². The van der Waals surface area contributed by atoms with Gasteiger partial charge in [-0.3, -0.25) is 14.4 Å². The van der Waals surface area contributed by atoms with Gasteiger partial charge in [0.25, 0.3) is 0 Å². The van der Waals surface area contributed by atoms with E-state index in [0.29, 0.717) is 31.3 Å². The molecule has 142 valence electrons. The summed E-state index contributed by atoms with van der Waals surface area (Å²) in [7, 11) is 0. The quantitative estimate of drug-likeness (QED) is 0.783. The van der Waals surface area contributed by atoms with Crippen molar-refractivity contribution in [1.29, 1.82) is 0 Å². The Labute approximate surface area is 153 Å². The number of nitrogens with one attached hydrogen (secondary N) is 1. The first-order valence-electron chi connectivity index (χ1n) is 9.28. The molecule has 9 heteroatoms. The largest absolute Gasteiger partial charge is 0.350 e. The molecule has 0 atom stereocenters. The van der Waals surface area contributed by atoms with E-state index < -0.39 is 0 Å².